The molecule has 3 heteroatoms. The van der Waals surface area contributed by atoms with Gasteiger partial charge in [-0.15, -0.1) is 0 Å². The van der Waals surface area contributed by atoms with Crippen LogP contribution in [-0.4, -0.2) is 34.3 Å². The lowest BCUT2D eigenvalue weighted by atomic mass is 9.92. The van der Waals surface area contributed by atoms with Gasteiger partial charge < -0.3 is 4.90 Å². The smallest absolute Gasteiger partial charge is 0.0492 e. The summed E-state index contributed by atoms with van der Waals surface area (Å²) in [7, 11) is 2.04. The molecule has 2 rings (SSSR count). The summed E-state index contributed by atoms with van der Waals surface area (Å²) < 4.78 is 2.01. The molecule has 0 saturated carbocycles. The molecule has 1 aromatic heterocycles. The first-order valence-corrected chi connectivity index (χ1v) is 6.84. The van der Waals surface area contributed by atoms with E-state index in [-0.39, 0.29) is 0 Å². The Bertz CT molecular complexity index is 335. The summed E-state index contributed by atoms with van der Waals surface area (Å²) in [5, 5.41) is 4.24. The Morgan fingerprint density at radius 1 is 1.35 bits per heavy atom. The lowest BCUT2D eigenvalue weighted by molar-refractivity contribution is 0.166. The number of likely N-dealkylation sites (tertiary alicyclic amines) is 1. The molecule has 0 spiro atoms. The van der Waals surface area contributed by atoms with Crippen molar-refractivity contribution in [2.75, 3.05) is 19.6 Å². The Balaban J connectivity index is 1.78. The van der Waals surface area contributed by atoms with Gasteiger partial charge in [0, 0.05) is 25.5 Å². The van der Waals surface area contributed by atoms with E-state index < -0.39 is 0 Å². The third kappa shape index (κ3) is 3.56. The highest BCUT2D eigenvalue weighted by Crippen LogP contribution is 2.21. The van der Waals surface area contributed by atoms with Gasteiger partial charge in [-0.2, -0.15) is 5.10 Å². The van der Waals surface area contributed by atoms with Gasteiger partial charge in [0.2, 0.25) is 0 Å². The molecule has 0 atom stereocenters. The number of rotatable bonds is 4. The summed E-state index contributed by atoms with van der Waals surface area (Å²) in [6.07, 6.45) is 5.80. The van der Waals surface area contributed by atoms with Gasteiger partial charge in [0.05, 0.1) is 0 Å². The molecule has 96 valence electrons. The molecule has 3 nitrogen and oxygen atoms in total. The summed E-state index contributed by atoms with van der Waals surface area (Å²) in [6, 6.07) is 2.15. The molecule has 1 saturated heterocycles. The van der Waals surface area contributed by atoms with Crippen molar-refractivity contribution < 1.29 is 0 Å². The van der Waals surface area contributed by atoms with Gasteiger partial charge >= 0.3 is 0 Å². The third-order valence-electron chi connectivity index (χ3n) is 3.75. The minimum atomic E-state index is 0.795. The Kier molecular flexibility index (Phi) is 4.21. The molecule has 2 heterocycles. The Morgan fingerprint density at radius 2 is 2.06 bits per heavy atom. The maximum atomic E-state index is 4.24. The van der Waals surface area contributed by atoms with E-state index in [1.165, 1.54) is 44.6 Å². The van der Waals surface area contributed by atoms with Crippen LogP contribution in [0.15, 0.2) is 12.3 Å². The van der Waals surface area contributed by atoms with Crippen molar-refractivity contribution in [1.29, 1.82) is 0 Å². The normalized spacial score (nSPS) is 19.1. The minimum Gasteiger partial charge on any atom is -0.303 e. The zero-order valence-corrected chi connectivity index (χ0v) is 11.4. The highest BCUT2D eigenvalue weighted by Gasteiger charge is 2.20. The van der Waals surface area contributed by atoms with Crippen LogP contribution in [0.4, 0.5) is 0 Å². The van der Waals surface area contributed by atoms with Crippen molar-refractivity contribution in [1.82, 2.24) is 14.7 Å². The summed E-state index contributed by atoms with van der Waals surface area (Å²) >= 11 is 0. The number of hydrogen-bond donors (Lipinski definition) is 0. The lowest BCUT2D eigenvalue weighted by Crippen LogP contribution is -2.36. The van der Waals surface area contributed by atoms with Gasteiger partial charge in [0.25, 0.3) is 0 Å². The van der Waals surface area contributed by atoms with E-state index in [9.17, 15) is 0 Å². The molecule has 1 fully saturated rings. The summed E-state index contributed by atoms with van der Waals surface area (Å²) in [5.41, 5.74) is 1.38. The molecule has 0 unspecified atom stereocenters. The molecule has 1 aliphatic rings. The molecule has 0 N–H and O–H groups in total. The largest absolute Gasteiger partial charge is 0.303 e. The number of aromatic nitrogens is 2. The van der Waals surface area contributed by atoms with Gasteiger partial charge in [-0.3, -0.25) is 4.68 Å². The predicted molar refractivity (Wildman–Crippen MR) is 70.9 cm³/mol. The molecule has 0 aliphatic carbocycles. The second kappa shape index (κ2) is 5.67. The Labute approximate surface area is 105 Å². The predicted octanol–water partition coefficient (Wildman–Crippen LogP) is 2.33. The van der Waals surface area contributed by atoms with E-state index in [1.807, 2.05) is 17.9 Å². The van der Waals surface area contributed by atoms with E-state index in [2.05, 4.69) is 29.9 Å². The van der Waals surface area contributed by atoms with Crippen molar-refractivity contribution in [2.24, 2.45) is 18.9 Å². The van der Waals surface area contributed by atoms with E-state index in [4.69, 9.17) is 0 Å². The van der Waals surface area contributed by atoms with Crippen LogP contribution in [0.25, 0.3) is 0 Å². The molecule has 17 heavy (non-hydrogen) atoms. The van der Waals surface area contributed by atoms with E-state index in [0.717, 1.165) is 11.8 Å². The lowest BCUT2D eigenvalue weighted by Gasteiger charge is -2.32. The zero-order valence-electron chi connectivity index (χ0n) is 11.4. The van der Waals surface area contributed by atoms with Crippen LogP contribution in [0.5, 0.6) is 0 Å². The Hall–Kier alpha value is -0.830. The average molecular weight is 235 g/mol. The van der Waals surface area contributed by atoms with Crippen LogP contribution in [0.2, 0.25) is 0 Å². The maximum Gasteiger partial charge on any atom is 0.0492 e. The van der Waals surface area contributed by atoms with Gasteiger partial charge in [0.1, 0.15) is 0 Å². The Morgan fingerprint density at radius 3 is 2.59 bits per heavy atom. The highest BCUT2D eigenvalue weighted by atomic mass is 15.3. The second-order valence-corrected chi connectivity index (χ2v) is 5.79. The number of piperidine rings is 1. The quantitative estimate of drug-likeness (QED) is 0.798. The van der Waals surface area contributed by atoms with E-state index >= 15 is 0 Å². The fourth-order valence-electron chi connectivity index (χ4n) is 2.79. The molecule has 1 aliphatic heterocycles. The molecular formula is C14H25N3. The zero-order chi connectivity index (χ0) is 12.3. The topological polar surface area (TPSA) is 21.1 Å². The first-order chi connectivity index (χ1) is 8.15. The van der Waals surface area contributed by atoms with Crippen LogP contribution >= 0.6 is 0 Å². The molecule has 1 aromatic rings. The standard InChI is InChI=1S/C14H25N3/c1-12(2)11-17-8-5-13(6-9-17)10-14-4-7-15-16(14)3/h4,7,12-13H,5-6,8-11H2,1-3H3. The number of nitrogens with zero attached hydrogens (tertiary/aromatic N) is 3. The van der Waals surface area contributed by atoms with Gasteiger partial charge in [-0.25, -0.2) is 0 Å². The summed E-state index contributed by atoms with van der Waals surface area (Å²) in [6.45, 7) is 8.43. The maximum absolute atomic E-state index is 4.24. The fraction of sp³-hybridized carbons (Fsp3) is 0.786. The van der Waals surface area contributed by atoms with Crippen LogP contribution in [0.1, 0.15) is 32.4 Å². The highest BCUT2D eigenvalue weighted by molar-refractivity contribution is 5.01. The molecular weight excluding hydrogens is 210 g/mol. The minimum absolute atomic E-state index is 0.795. The van der Waals surface area contributed by atoms with Crippen LogP contribution in [0, 0.1) is 11.8 Å². The first-order valence-electron chi connectivity index (χ1n) is 6.84. The number of aryl methyl sites for hydroxylation is 1. The average Bonchev–Trinajstić information content (AvgIpc) is 2.67. The van der Waals surface area contributed by atoms with Crippen LogP contribution < -0.4 is 0 Å². The van der Waals surface area contributed by atoms with E-state index in [0.29, 0.717) is 0 Å². The van der Waals surface area contributed by atoms with E-state index in [1.54, 1.807) is 0 Å². The number of hydrogen-bond acceptors (Lipinski definition) is 2. The van der Waals surface area contributed by atoms with Crippen molar-refractivity contribution >= 4 is 0 Å². The van der Waals surface area contributed by atoms with Gasteiger partial charge in [0.15, 0.2) is 0 Å². The van der Waals surface area contributed by atoms with Crippen molar-refractivity contribution in [3.63, 3.8) is 0 Å². The summed E-state index contributed by atoms with van der Waals surface area (Å²) in [4.78, 5) is 2.62. The summed E-state index contributed by atoms with van der Waals surface area (Å²) in [5.74, 6) is 1.65. The second-order valence-electron chi connectivity index (χ2n) is 5.79. The van der Waals surface area contributed by atoms with Crippen LogP contribution in [-0.2, 0) is 13.5 Å². The first kappa shape index (κ1) is 12.6. The van der Waals surface area contributed by atoms with Gasteiger partial charge in [-0.1, -0.05) is 13.8 Å². The molecule has 0 amide bonds. The van der Waals surface area contributed by atoms with Crippen molar-refractivity contribution in [3.05, 3.63) is 18.0 Å². The third-order valence-corrected chi connectivity index (χ3v) is 3.75. The monoisotopic (exact) mass is 235 g/mol. The molecule has 0 radical (unpaired) electrons. The molecule has 0 bridgehead atoms. The molecule has 0 aromatic carbocycles. The van der Waals surface area contributed by atoms with Crippen molar-refractivity contribution in [2.45, 2.75) is 33.1 Å². The van der Waals surface area contributed by atoms with Gasteiger partial charge in [-0.05, 0) is 50.3 Å². The van der Waals surface area contributed by atoms with Crippen LogP contribution in [0.3, 0.4) is 0 Å². The van der Waals surface area contributed by atoms with Crippen molar-refractivity contribution in [3.8, 4) is 0 Å². The SMILES string of the molecule is CC(C)CN1CCC(Cc2ccnn2C)CC1. The fourth-order valence-corrected chi connectivity index (χ4v) is 2.79.